The van der Waals surface area contributed by atoms with E-state index in [-0.39, 0.29) is 0 Å². The van der Waals surface area contributed by atoms with E-state index < -0.39 is 21.4 Å². The fourth-order valence-corrected chi connectivity index (χ4v) is 2.89. The van der Waals surface area contributed by atoms with Crippen LogP contribution in [0.3, 0.4) is 0 Å². The number of rotatable bonds is 5. The standard InChI is InChI=1S/C12H20N4O3S/c1-9(10(2)20(17,18)19)16-12(11(7-13)8-14-16)15-5-3-4-6-15/h3-4,8-10H,5-7,13H2,1-2H3,(H,17,18,19). The largest absolute Gasteiger partial charge is 0.349 e. The van der Waals surface area contributed by atoms with E-state index in [1.54, 1.807) is 17.8 Å². The monoisotopic (exact) mass is 300 g/mol. The van der Waals surface area contributed by atoms with Crippen LogP contribution in [0, 0.1) is 0 Å². The number of nitrogens with zero attached hydrogens (tertiary/aromatic N) is 3. The molecule has 1 aromatic heterocycles. The van der Waals surface area contributed by atoms with Gasteiger partial charge in [0.05, 0.1) is 12.2 Å². The second-order valence-electron chi connectivity index (χ2n) is 4.98. The minimum absolute atomic E-state index is 0.332. The fraction of sp³-hybridized carbons (Fsp3) is 0.583. The smallest absolute Gasteiger partial charge is 0.269 e. The topological polar surface area (TPSA) is 101 Å². The summed E-state index contributed by atoms with van der Waals surface area (Å²) in [4.78, 5) is 2.07. The molecule has 3 N–H and O–H groups in total. The maximum atomic E-state index is 11.3. The van der Waals surface area contributed by atoms with Crippen LogP contribution < -0.4 is 10.6 Å². The summed E-state index contributed by atoms with van der Waals surface area (Å²) in [6, 6.07) is -0.485. The Morgan fingerprint density at radius 3 is 2.50 bits per heavy atom. The van der Waals surface area contributed by atoms with Crippen molar-refractivity contribution in [3.8, 4) is 0 Å². The van der Waals surface area contributed by atoms with Crippen LogP contribution in [0.5, 0.6) is 0 Å². The van der Waals surface area contributed by atoms with Gasteiger partial charge in [-0.25, -0.2) is 4.68 Å². The molecule has 1 aliphatic heterocycles. The summed E-state index contributed by atoms with van der Waals surface area (Å²) in [5.74, 6) is 0.820. The Morgan fingerprint density at radius 1 is 1.40 bits per heavy atom. The first kappa shape index (κ1) is 15.0. The molecule has 8 heteroatoms. The van der Waals surface area contributed by atoms with Crippen molar-refractivity contribution in [3.05, 3.63) is 23.9 Å². The summed E-state index contributed by atoms with van der Waals surface area (Å²) in [6.45, 7) is 5.00. The first-order chi connectivity index (χ1) is 9.36. The first-order valence-electron chi connectivity index (χ1n) is 6.49. The van der Waals surface area contributed by atoms with Crippen molar-refractivity contribution in [2.45, 2.75) is 31.7 Å². The molecular formula is C12H20N4O3S. The molecule has 0 saturated heterocycles. The van der Waals surface area contributed by atoms with Crippen molar-refractivity contribution in [2.75, 3.05) is 18.0 Å². The minimum atomic E-state index is -4.11. The average Bonchev–Trinajstić information content (AvgIpc) is 3.03. The van der Waals surface area contributed by atoms with Crippen LogP contribution in [-0.4, -0.2) is 41.1 Å². The lowest BCUT2D eigenvalue weighted by Crippen LogP contribution is -2.31. The van der Waals surface area contributed by atoms with Gasteiger partial charge >= 0.3 is 0 Å². The molecule has 0 bridgehead atoms. The molecule has 20 heavy (non-hydrogen) atoms. The van der Waals surface area contributed by atoms with E-state index in [9.17, 15) is 13.0 Å². The fourth-order valence-electron chi connectivity index (χ4n) is 2.28. The van der Waals surface area contributed by atoms with E-state index in [1.807, 2.05) is 12.2 Å². The van der Waals surface area contributed by atoms with Gasteiger partial charge in [0.15, 0.2) is 0 Å². The van der Waals surface area contributed by atoms with Gasteiger partial charge < -0.3 is 10.6 Å². The number of anilines is 1. The van der Waals surface area contributed by atoms with Gasteiger partial charge in [0, 0.05) is 25.2 Å². The molecule has 2 rings (SSSR count). The first-order valence-corrected chi connectivity index (χ1v) is 7.99. The summed E-state index contributed by atoms with van der Waals surface area (Å²) in [5, 5.41) is 3.32. The zero-order valence-corrected chi connectivity index (χ0v) is 12.4. The Labute approximate surface area is 118 Å². The molecule has 0 fully saturated rings. The van der Waals surface area contributed by atoms with Gasteiger partial charge in [-0.2, -0.15) is 13.5 Å². The average molecular weight is 300 g/mol. The van der Waals surface area contributed by atoms with Gasteiger partial charge in [0.1, 0.15) is 11.1 Å². The molecule has 1 aliphatic rings. The maximum Gasteiger partial charge on any atom is 0.269 e. The zero-order valence-electron chi connectivity index (χ0n) is 11.6. The van der Waals surface area contributed by atoms with Gasteiger partial charge in [0.25, 0.3) is 10.1 Å². The van der Waals surface area contributed by atoms with Crippen molar-refractivity contribution in [1.82, 2.24) is 9.78 Å². The van der Waals surface area contributed by atoms with Crippen LogP contribution >= 0.6 is 0 Å². The third-order valence-electron chi connectivity index (χ3n) is 3.71. The molecule has 0 saturated carbocycles. The number of aromatic nitrogens is 2. The number of hydrogen-bond acceptors (Lipinski definition) is 5. The van der Waals surface area contributed by atoms with Crippen LogP contribution in [-0.2, 0) is 16.7 Å². The van der Waals surface area contributed by atoms with Crippen molar-refractivity contribution >= 4 is 15.9 Å². The van der Waals surface area contributed by atoms with Gasteiger partial charge in [0.2, 0.25) is 0 Å². The molecule has 0 aromatic carbocycles. The highest BCUT2D eigenvalue weighted by atomic mass is 32.2. The molecule has 0 amide bonds. The van der Waals surface area contributed by atoms with Gasteiger partial charge in [-0.3, -0.25) is 4.55 Å². The normalized spacial score (nSPS) is 18.5. The van der Waals surface area contributed by atoms with E-state index in [0.717, 1.165) is 24.5 Å². The van der Waals surface area contributed by atoms with Crippen LogP contribution in [0.1, 0.15) is 25.5 Å². The lowest BCUT2D eigenvalue weighted by atomic mass is 10.2. The van der Waals surface area contributed by atoms with Crippen LogP contribution in [0.2, 0.25) is 0 Å². The second kappa shape index (κ2) is 5.55. The van der Waals surface area contributed by atoms with Gasteiger partial charge in [-0.05, 0) is 13.8 Å². The quantitative estimate of drug-likeness (QED) is 0.608. The van der Waals surface area contributed by atoms with E-state index in [1.165, 1.54) is 6.92 Å². The predicted molar refractivity (Wildman–Crippen MR) is 77.2 cm³/mol. The highest BCUT2D eigenvalue weighted by Gasteiger charge is 2.30. The zero-order chi connectivity index (χ0) is 14.9. The van der Waals surface area contributed by atoms with E-state index in [2.05, 4.69) is 10.00 Å². The molecule has 0 radical (unpaired) electrons. The summed E-state index contributed by atoms with van der Waals surface area (Å²) < 4.78 is 33.5. The summed E-state index contributed by atoms with van der Waals surface area (Å²) in [6.07, 6.45) is 5.73. The summed E-state index contributed by atoms with van der Waals surface area (Å²) in [5.41, 5.74) is 6.59. The molecule has 0 spiro atoms. The molecule has 7 nitrogen and oxygen atoms in total. The molecular weight excluding hydrogens is 280 g/mol. The highest BCUT2D eigenvalue weighted by molar-refractivity contribution is 7.86. The summed E-state index contributed by atoms with van der Waals surface area (Å²) >= 11 is 0. The van der Waals surface area contributed by atoms with E-state index in [4.69, 9.17) is 5.73 Å². The predicted octanol–water partition coefficient (Wildman–Crippen LogP) is 0.555. The minimum Gasteiger partial charge on any atom is -0.349 e. The Morgan fingerprint density at radius 2 is 2.00 bits per heavy atom. The molecule has 2 heterocycles. The maximum absolute atomic E-state index is 11.3. The molecule has 0 aliphatic carbocycles. The van der Waals surface area contributed by atoms with Crippen molar-refractivity contribution in [1.29, 1.82) is 0 Å². The Kier molecular flexibility index (Phi) is 4.17. The highest BCUT2D eigenvalue weighted by Crippen LogP contribution is 2.28. The van der Waals surface area contributed by atoms with Crippen molar-refractivity contribution < 1.29 is 13.0 Å². The molecule has 112 valence electrons. The van der Waals surface area contributed by atoms with E-state index in [0.29, 0.717) is 6.54 Å². The third-order valence-corrected chi connectivity index (χ3v) is 5.05. The molecule has 2 unspecified atom stereocenters. The Hall–Kier alpha value is -1.38. The Bertz CT molecular complexity index is 600. The van der Waals surface area contributed by atoms with Gasteiger partial charge in [-0.1, -0.05) is 12.2 Å². The van der Waals surface area contributed by atoms with Crippen LogP contribution in [0.15, 0.2) is 18.3 Å². The van der Waals surface area contributed by atoms with E-state index >= 15 is 0 Å². The molecule has 2 atom stereocenters. The van der Waals surface area contributed by atoms with Crippen molar-refractivity contribution in [3.63, 3.8) is 0 Å². The van der Waals surface area contributed by atoms with Crippen LogP contribution in [0.25, 0.3) is 0 Å². The number of nitrogens with two attached hydrogens (primary N) is 1. The second-order valence-corrected chi connectivity index (χ2v) is 6.75. The third kappa shape index (κ3) is 2.72. The van der Waals surface area contributed by atoms with Gasteiger partial charge in [-0.15, -0.1) is 0 Å². The van der Waals surface area contributed by atoms with Crippen LogP contribution in [0.4, 0.5) is 5.82 Å². The van der Waals surface area contributed by atoms with Crippen molar-refractivity contribution in [2.24, 2.45) is 5.73 Å². The number of hydrogen-bond donors (Lipinski definition) is 2. The lowest BCUT2D eigenvalue weighted by Gasteiger charge is -2.26. The lowest BCUT2D eigenvalue weighted by molar-refractivity contribution is 0.418. The summed E-state index contributed by atoms with van der Waals surface area (Å²) in [7, 11) is -4.11. The molecule has 1 aromatic rings. The Balaban J connectivity index is 2.39. The SMILES string of the molecule is CC(C(C)S(=O)(=O)O)n1ncc(CN)c1N1CC=CC1.